The lowest BCUT2D eigenvalue weighted by molar-refractivity contribution is 0.447. The Bertz CT molecular complexity index is 742. The molecule has 0 aliphatic carbocycles. The van der Waals surface area contributed by atoms with Gasteiger partial charge in [0.05, 0.1) is 10.4 Å². The molecule has 0 saturated carbocycles. The second kappa shape index (κ2) is 6.09. The van der Waals surface area contributed by atoms with Crippen LogP contribution in [0.4, 0.5) is 0 Å². The van der Waals surface area contributed by atoms with Crippen molar-refractivity contribution in [2.75, 3.05) is 13.6 Å². The van der Waals surface area contributed by atoms with E-state index in [1.54, 1.807) is 37.5 Å². The number of benzene rings is 1. The van der Waals surface area contributed by atoms with Crippen LogP contribution in [0.3, 0.4) is 0 Å². The minimum absolute atomic E-state index is 0.0286. The Morgan fingerprint density at radius 1 is 1.33 bits per heavy atom. The fourth-order valence-corrected chi connectivity index (χ4v) is 3.55. The van der Waals surface area contributed by atoms with Crippen LogP contribution in [0.15, 0.2) is 35.4 Å². The zero-order chi connectivity index (χ0) is 15.6. The van der Waals surface area contributed by atoms with Crippen LogP contribution in [0.5, 0.6) is 0 Å². The van der Waals surface area contributed by atoms with Crippen LogP contribution >= 0.6 is 0 Å². The summed E-state index contributed by atoms with van der Waals surface area (Å²) in [4.78, 5) is 4.58. The van der Waals surface area contributed by atoms with E-state index in [4.69, 9.17) is 5.73 Å². The molecule has 0 bridgehead atoms. The summed E-state index contributed by atoms with van der Waals surface area (Å²) in [5.74, 6) is 0. The Morgan fingerprint density at radius 2 is 2.05 bits per heavy atom. The SMILES string of the molecule is Cc1ccc(S(=O)(=O)N(C)CCC(C)N)c2cccnc12. The largest absolute Gasteiger partial charge is 0.328 e. The van der Waals surface area contributed by atoms with E-state index in [1.165, 1.54) is 4.31 Å². The molecule has 0 saturated heterocycles. The van der Waals surface area contributed by atoms with Crippen LogP contribution in [0.1, 0.15) is 18.9 Å². The molecular weight excluding hydrogens is 286 g/mol. The smallest absolute Gasteiger partial charge is 0.243 e. The third-order valence-corrected chi connectivity index (χ3v) is 5.43. The molecule has 0 spiro atoms. The van der Waals surface area contributed by atoms with Gasteiger partial charge in [0.25, 0.3) is 0 Å². The van der Waals surface area contributed by atoms with E-state index < -0.39 is 10.0 Å². The molecule has 114 valence electrons. The van der Waals surface area contributed by atoms with E-state index in [-0.39, 0.29) is 6.04 Å². The first-order chi connectivity index (χ1) is 9.84. The third-order valence-electron chi connectivity index (χ3n) is 3.52. The average molecular weight is 307 g/mol. The van der Waals surface area contributed by atoms with Crippen LogP contribution in [-0.4, -0.2) is 37.3 Å². The molecule has 1 heterocycles. The Hall–Kier alpha value is -1.50. The van der Waals surface area contributed by atoms with Crippen LogP contribution in [0.2, 0.25) is 0 Å². The summed E-state index contributed by atoms with van der Waals surface area (Å²) in [5, 5.41) is 0.658. The second-order valence-corrected chi connectivity index (χ2v) is 7.39. The van der Waals surface area contributed by atoms with Crippen molar-refractivity contribution in [2.45, 2.75) is 31.2 Å². The number of hydrogen-bond donors (Lipinski definition) is 1. The molecular formula is C15H21N3O2S. The first-order valence-electron chi connectivity index (χ1n) is 6.90. The zero-order valence-electron chi connectivity index (χ0n) is 12.6. The highest BCUT2D eigenvalue weighted by molar-refractivity contribution is 7.89. The van der Waals surface area contributed by atoms with Crippen molar-refractivity contribution in [2.24, 2.45) is 5.73 Å². The van der Waals surface area contributed by atoms with Crippen molar-refractivity contribution < 1.29 is 8.42 Å². The van der Waals surface area contributed by atoms with Gasteiger partial charge < -0.3 is 5.73 Å². The number of aromatic nitrogens is 1. The monoisotopic (exact) mass is 307 g/mol. The van der Waals surface area contributed by atoms with Gasteiger partial charge in [0.1, 0.15) is 0 Å². The maximum absolute atomic E-state index is 12.7. The zero-order valence-corrected chi connectivity index (χ0v) is 13.4. The summed E-state index contributed by atoms with van der Waals surface area (Å²) in [6, 6.07) is 6.96. The minimum atomic E-state index is -3.54. The number of pyridine rings is 1. The minimum Gasteiger partial charge on any atom is -0.328 e. The van der Waals surface area contributed by atoms with Crippen LogP contribution in [0.25, 0.3) is 10.9 Å². The number of fused-ring (bicyclic) bond motifs is 1. The summed E-state index contributed by atoms with van der Waals surface area (Å²) in [5.41, 5.74) is 7.38. The lowest BCUT2D eigenvalue weighted by Gasteiger charge is -2.19. The lowest BCUT2D eigenvalue weighted by Crippen LogP contribution is -2.31. The van der Waals surface area contributed by atoms with Crippen LogP contribution in [-0.2, 0) is 10.0 Å². The highest BCUT2D eigenvalue weighted by Crippen LogP contribution is 2.26. The summed E-state index contributed by atoms with van der Waals surface area (Å²) in [6.45, 7) is 4.19. The van der Waals surface area contributed by atoms with Crippen molar-refractivity contribution in [3.63, 3.8) is 0 Å². The molecule has 0 radical (unpaired) electrons. The van der Waals surface area contributed by atoms with Gasteiger partial charge in [-0.2, -0.15) is 0 Å². The van der Waals surface area contributed by atoms with Gasteiger partial charge in [-0.1, -0.05) is 6.07 Å². The molecule has 2 rings (SSSR count). The average Bonchev–Trinajstić information content (AvgIpc) is 2.45. The number of rotatable bonds is 5. The van der Waals surface area contributed by atoms with Gasteiger partial charge in [0, 0.05) is 31.2 Å². The molecule has 6 heteroatoms. The summed E-state index contributed by atoms with van der Waals surface area (Å²) < 4.78 is 26.8. The molecule has 21 heavy (non-hydrogen) atoms. The van der Waals surface area contributed by atoms with Crippen molar-refractivity contribution >= 4 is 20.9 Å². The molecule has 0 aliphatic heterocycles. The third kappa shape index (κ3) is 3.23. The first-order valence-corrected chi connectivity index (χ1v) is 8.34. The molecule has 5 nitrogen and oxygen atoms in total. The predicted molar refractivity (Wildman–Crippen MR) is 84.6 cm³/mol. The number of hydrogen-bond acceptors (Lipinski definition) is 4. The van der Waals surface area contributed by atoms with Crippen molar-refractivity contribution in [3.8, 4) is 0 Å². The summed E-state index contributed by atoms with van der Waals surface area (Å²) in [6.07, 6.45) is 2.29. The topological polar surface area (TPSA) is 76.3 Å². The Balaban J connectivity index is 2.48. The van der Waals surface area contributed by atoms with E-state index in [9.17, 15) is 8.42 Å². The molecule has 2 N–H and O–H groups in total. The molecule has 2 aromatic rings. The quantitative estimate of drug-likeness (QED) is 0.915. The van der Waals surface area contributed by atoms with Crippen molar-refractivity contribution in [1.82, 2.24) is 9.29 Å². The van der Waals surface area contributed by atoms with Gasteiger partial charge in [-0.25, -0.2) is 12.7 Å². The number of nitrogens with zero attached hydrogens (tertiary/aromatic N) is 2. The number of aryl methyl sites for hydroxylation is 1. The molecule has 0 amide bonds. The van der Waals surface area contributed by atoms with Crippen molar-refractivity contribution in [3.05, 3.63) is 36.0 Å². The van der Waals surface area contributed by atoms with Crippen LogP contribution in [0, 0.1) is 6.92 Å². The lowest BCUT2D eigenvalue weighted by atomic mass is 10.1. The summed E-state index contributed by atoms with van der Waals surface area (Å²) in [7, 11) is -1.96. The van der Waals surface area contributed by atoms with Gasteiger partial charge in [0.2, 0.25) is 10.0 Å². The van der Waals surface area contributed by atoms with Gasteiger partial charge in [0.15, 0.2) is 0 Å². The molecule has 1 unspecified atom stereocenters. The summed E-state index contributed by atoms with van der Waals surface area (Å²) >= 11 is 0. The van der Waals surface area contributed by atoms with E-state index >= 15 is 0 Å². The fraction of sp³-hybridized carbons (Fsp3) is 0.400. The van der Waals surface area contributed by atoms with E-state index in [0.29, 0.717) is 23.2 Å². The van der Waals surface area contributed by atoms with E-state index in [2.05, 4.69) is 4.98 Å². The fourth-order valence-electron chi connectivity index (χ4n) is 2.19. The highest BCUT2D eigenvalue weighted by Gasteiger charge is 2.23. The van der Waals surface area contributed by atoms with Crippen LogP contribution < -0.4 is 5.73 Å². The Kier molecular flexibility index (Phi) is 4.61. The Morgan fingerprint density at radius 3 is 2.71 bits per heavy atom. The molecule has 1 aromatic carbocycles. The van der Waals surface area contributed by atoms with Gasteiger partial charge >= 0.3 is 0 Å². The number of sulfonamides is 1. The normalized spacial score (nSPS) is 13.8. The predicted octanol–water partition coefficient (Wildman–Crippen LogP) is 1.90. The molecule has 1 atom stereocenters. The van der Waals surface area contributed by atoms with E-state index in [1.807, 2.05) is 13.8 Å². The molecule has 0 aliphatic rings. The van der Waals surface area contributed by atoms with Gasteiger partial charge in [-0.05, 0) is 44.0 Å². The maximum atomic E-state index is 12.7. The number of nitrogens with two attached hydrogens (primary N) is 1. The van der Waals surface area contributed by atoms with E-state index in [0.717, 1.165) is 11.1 Å². The maximum Gasteiger partial charge on any atom is 0.243 e. The molecule has 1 aromatic heterocycles. The first kappa shape index (κ1) is 15.9. The van der Waals surface area contributed by atoms with Gasteiger partial charge in [-0.15, -0.1) is 0 Å². The molecule has 0 fully saturated rings. The second-order valence-electron chi connectivity index (χ2n) is 5.37. The highest BCUT2D eigenvalue weighted by atomic mass is 32.2. The standard InChI is InChI=1S/C15H21N3O2S/c1-11-6-7-14(13-5-4-9-17-15(11)13)21(19,20)18(3)10-8-12(2)16/h4-7,9,12H,8,10,16H2,1-3H3. The van der Waals surface area contributed by atoms with Crippen molar-refractivity contribution in [1.29, 1.82) is 0 Å². The van der Waals surface area contributed by atoms with Gasteiger partial charge in [-0.3, -0.25) is 4.98 Å². The Labute approximate surface area is 125 Å².